The molecular formula is C16H19N. The van der Waals surface area contributed by atoms with Crippen LogP contribution in [-0.2, 0) is 6.54 Å². The zero-order chi connectivity index (χ0) is 12.4. The van der Waals surface area contributed by atoms with Crippen molar-refractivity contribution in [2.75, 3.05) is 7.05 Å². The monoisotopic (exact) mass is 225 g/mol. The van der Waals surface area contributed by atoms with Crippen molar-refractivity contribution in [1.29, 1.82) is 0 Å². The van der Waals surface area contributed by atoms with Gasteiger partial charge in [-0.3, -0.25) is 0 Å². The van der Waals surface area contributed by atoms with Crippen LogP contribution in [0.25, 0.3) is 5.57 Å². The van der Waals surface area contributed by atoms with Crippen LogP contribution in [0, 0.1) is 6.92 Å². The van der Waals surface area contributed by atoms with Gasteiger partial charge < -0.3 is 4.90 Å². The minimum absolute atomic E-state index is 0.994. The molecule has 0 aromatic heterocycles. The van der Waals surface area contributed by atoms with Gasteiger partial charge in [-0.1, -0.05) is 48.6 Å². The van der Waals surface area contributed by atoms with Crippen molar-refractivity contribution in [3.05, 3.63) is 65.4 Å². The summed E-state index contributed by atoms with van der Waals surface area (Å²) >= 11 is 0. The Bertz CT molecular complexity index is 506. The summed E-state index contributed by atoms with van der Waals surface area (Å²) < 4.78 is 0. The molecule has 17 heavy (non-hydrogen) atoms. The first-order chi connectivity index (χ1) is 8.13. The van der Waals surface area contributed by atoms with Crippen LogP contribution in [0.5, 0.6) is 0 Å². The van der Waals surface area contributed by atoms with Crippen LogP contribution in [0.1, 0.15) is 23.6 Å². The molecule has 0 radical (unpaired) electrons. The van der Waals surface area contributed by atoms with Crippen LogP contribution >= 0.6 is 0 Å². The summed E-state index contributed by atoms with van der Waals surface area (Å²) in [5.41, 5.74) is 6.70. The van der Waals surface area contributed by atoms with Gasteiger partial charge in [0.15, 0.2) is 0 Å². The van der Waals surface area contributed by atoms with Crippen molar-refractivity contribution < 1.29 is 0 Å². The minimum atomic E-state index is 0.994. The van der Waals surface area contributed by atoms with Crippen LogP contribution < -0.4 is 0 Å². The molecule has 1 nitrogen and oxygen atoms in total. The van der Waals surface area contributed by atoms with Gasteiger partial charge in [0.05, 0.1) is 0 Å². The van der Waals surface area contributed by atoms with Gasteiger partial charge in [-0.25, -0.2) is 0 Å². The van der Waals surface area contributed by atoms with E-state index in [0.29, 0.717) is 0 Å². The highest BCUT2D eigenvalue weighted by atomic mass is 15.1. The molecule has 0 fully saturated rings. The van der Waals surface area contributed by atoms with Crippen molar-refractivity contribution in [3.8, 4) is 0 Å². The van der Waals surface area contributed by atoms with Gasteiger partial charge in [-0.05, 0) is 25.0 Å². The fraction of sp³-hybridized carbons (Fsp3) is 0.250. The fourth-order valence-electron chi connectivity index (χ4n) is 2.27. The first-order valence-corrected chi connectivity index (χ1v) is 5.94. The molecule has 0 spiro atoms. The number of hydrogen-bond acceptors (Lipinski definition) is 1. The lowest BCUT2D eigenvalue weighted by atomic mass is 9.92. The first-order valence-electron chi connectivity index (χ1n) is 5.94. The van der Waals surface area contributed by atoms with Gasteiger partial charge in [0.2, 0.25) is 0 Å². The molecule has 1 heterocycles. The Kier molecular flexibility index (Phi) is 3.19. The zero-order valence-corrected chi connectivity index (χ0v) is 10.8. The topological polar surface area (TPSA) is 3.24 Å². The SMILES string of the molecule is C=C/C=C\C1=C(C)N(C)Cc2cc(C)ccc21. The van der Waals surface area contributed by atoms with Gasteiger partial charge in [0, 0.05) is 24.9 Å². The van der Waals surface area contributed by atoms with Crippen LogP contribution in [0.3, 0.4) is 0 Å². The molecule has 1 heteroatoms. The fourth-order valence-corrected chi connectivity index (χ4v) is 2.27. The lowest BCUT2D eigenvalue weighted by molar-refractivity contribution is 0.407. The molecule has 0 amide bonds. The molecule has 1 aromatic carbocycles. The third-order valence-corrected chi connectivity index (χ3v) is 3.32. The Morgan fingerprint density at radius 1 is 1.29 bits per heavy atom. The average Bonchev–Trinajstić information content (AvgIpc) is 2.30. The lowest BCUT2D eigenvalue weighted by Crippen LogP contribution is -2.21. The highest BCUT2D eigenvalue weighted by molar-refractivity contribution is 5.79. The second-order valence-electron chi connectivity index (χ2n) is 4.61. The van der Waals surface area contributed by atoms with E-state index < -0.39 is 0 Å². The Morgan fingerprint density at radius 2 is 2.06 bits per heavy atom. The first kappa shape index (κ1) is 11.7. The molecule has 0 bridgehead atoms. The van der Waals surface area contributed by atoms with E-state index in [1.165, 1.54) is 28.0 Å². The molecule has 0 unspecified atom stereocenters. The van der Waals surface area contributed by atoms with E-state index in [1.54, 1.807) is 0 Å². The number of hydrogen-bond donors (Lipinski definition) is 0. The second-order valence-corrected chi connectivity index (χ2v) is 4.61. The molecule has 0 saturated heterocycles. The summed E-state index contributed by atoms with van der Waals surface area (Å²) in [7, 11) is 2.14. The number of fused-ring (bicyclic) bond motifs is 1. The maximum atomic E-state index is 3.74. The van der Waals surface area contributed by atoms with E-state index in [0.717, 1.165) is 6.54 Å². The summed E-state index contributed by atoms with van der Waals surface area (Å²) in [4.78, 5) is 2.30. The van der Waals surface area contributed by atoms with Crippen molar-refractivity contribution in [2.24, 2.45) is 0 Å². The van der Waals surface area contributed by atoms with Crippen molar-refractivity contribution in [2.45, 2.75) is 20.4 Å². The molecule has 1 aromatic rings. The third-order valence-electron chi connectivity index (χ3n) is 3.32. The number of benzene rings is 1. The third kappa shape index (κ3) is 2.19. The molecular weight excluding hydrogens is 206 g/mol. The summed E-state index contributed by atoms with van der Waals surface area (Å²) in [6.45, 7) is 9.05. The Balaban J connectivity index is 2.57. The average molecular weight is 225 g/mol. The second kappa shape index (κ2) is 4.62. The predicted octanol–water partition coefficient (Wildman–Crippen LogP) is 3.91. The van der Waals surface area contributed by atoms with Crippen molar-refractivity contribution in [3.63, 3.8) is 0 Å². The number of rotatable bonds is 2. The maximum Gasteiger partial charge on any atom is 0.0429 e. The summed E-state index contributed by atoms with van der Waals surface area (Å²) in [6, 6.07) is 6.68. The summed E-state index contributed by atoms with van der Waals surface area (Å²) in [5.74, 6) is 0. The standard InChI is InChI=1S/C16H19N/c1-5-6-7-15-13(3)17(4)11-14-10-12(2)8-9-16(14)15/h5-10H,1,11H2,2-4H3/b7-6-. The van der Waals surface area contributed by atoms with E-state index >= 15 is 0 Å². The van der Waals surface area contributed by atoms with Crippen LogP contribution in [0.4, 0.5) is 0 Å². The molecule has 88 valence electrons. The van der Waals surface area contributed by atoms with E-state index in [2.05, 4.69) is 56.6 Å². The van der Waals surface area contributed by atoms with Crippen LogP contribution in [-0.4, -0.2) is 11.9 Å². The molecule has 0 atom stereocenters. The number of allylic oxidation sites excluding steroid dienone is 5. The summed E-state index contributed by atoms with van der Waals surface area (Å²) in [6.07, 6.45) is 5.97. The minimum Gasteiger partial charge on any atom is -0.373 e. The quantitative estimate of drug-likeness (QED) is 0.690. The molecule has 1 aliphatic rings. The number of aryl methyl sites for hydroxylation is 1. The maximum absolute atomic E-state index is 3.74. The zero-order valence-electron chi connectivity index (χ0n) is 10.8. The van der Waals surface area contributed by atoms with E-state index in [4.69, 9.17) is 0 Å². The van der Waals surface area contributed by atoms with Crippen molar-refractivity contribution in [1.82, 2.24) is 4.90 Å². The Labute approximate surface area is 104 Å². The van der Waals surface area contributed by atoms with Gasteiger partial charge in [0.25, 0.3) is 0 Å². The van der Waals surface area contributed by atoms with E-state index in [-0.39, 0.29) is 0 Å². The van der Waals surface area contributed by atoms with E-state index in [1.807, 2.05) is 12.2 Å². The van der Waals surface area contributed by atoms with Crippen LogP contribution in [0.15, 0.2) is 48.7 Å². The van der Waals surface area contributed by atoms with Gasteiger partial charge in [0.1, 0.15) is 0 Å². The molecule has 0 saturated carbocycles. The molecule has 2 rings (SSSR count). The van der Waals surface area contributed by atoms with Gasteiger partial charge >= 0.3 is 0 Å². The van der Waals surface area contributed by atoms with Gasteiger partial charge in [-0.15, -0.1) is 0 Å². The van der Waals surface area contributed by atoms with Gasteiger partial charge in [-0.2, -0.15) is 0 Å². The molecule has 0 N–H and O–H groups in total. The Hall–Kier alpha value is -1.76. The largest absolute Gasteiger partial charge is 0.373 e. The predicted molar refractivity (Wildman–Crippen MR) is 74.6 cm³/mol. The van der Waals surface area contributed by atoms with E-state index in [9.17, 15) is 0 Å². The highest BCUT2D eigenvalue weighted by Crippen LogP contribution is 2.32. The smallest absolute Gasteiger partial charge is 0.0429 e. The normalized spacial score (nSPS) is 15.4. The summed E-state index contributed by atoms with van der Waals surface area (Å²) in [5, 5.41) is 0. The van der Waals surface area contributed by atoms with Crippen molar-refractivity contribution >= 4 is 5.57 Å². The lowest BCUT2D eigenvalue weighted by Gasteiger charge is -2.30. The van der Waals surface area contributed by atoms with Crippen LogP contribution in [0.2, 0.25) is 0 Å². The Morgan fingerprint density at radius 3 is 2.76 bits per heavy atom. The molecule has 1 aliphatic heterocycles. The highest BCUT2D eigenvalue weighted by Gasteiger charge is 2.17. The number of nitrogens with zero attached hydrogens (tertiary/aromatic N) is 1. The molecule has 0 aliphatic carbocycles.